The van der Waals surface area contributed by atoms with E-state index in [0.717, 1.165) is 32.6 Å². The second kappa shape index (κ2) is 3.83. The van der Waals surface area contributed by atoms with Gasteiger partial charge in [0.15, 0.2) is 0 Å². The van der Waals surface area contributed by atoms with E-state index in [2.05, 4.69) is 39.8 Å². The normalized spacial score (nSPS) is 26.0. The molecule has 0 spiro atoms. The minimum atomic E-state index is 0.518. The fraction of sp³-hybridized carbons (Fsp3) is 0.500. The molecule has 0 aliphatic carbocycles. The number of benzene rings is 1. The molecule has 1 aromatic carbocycles. The lowest BCUT2D eigenvalue weighted by molar-refractivity contribution is 0.194. The smallest absolute Gasteiger partial charge is 0.0836 e. The highest BCUT2D eigenvalue weighted by molar-refractivity contribution is 5.56. The van der Waals surface area contributed by atoms with Crippen LogP contribution in [0, 0.1) is 0 Å². The SMILES string of the molecule is c1ccc2c(c1)CC(N1CCNCC1)N2. The maximum atomic E-state index is 3.60. The van der Waals surface area contributed by atoms with Gasteiger partial charge in [0.25, 0.3) is 0 Å². The third-order valence-electron chi connectivity index (χ3n) is 3.35. The standard InChI is InChI=1S/C12H17N3/c1-2-4-11-10(3-1)9-12(14-11)15-7-5-13-6-8-15/h1-4,12-14H,5-9H2. The second-order valence-corrected chi connectivity index (χ2v) is 4.31. The molecule has 2 N–H and O–H groups in total. The first-order chi connectivity index (χ1) is 7.43. The molecule has 80 valence electrons. The molecule has 3 heteroatoms. The van der Waals surface area contributed by atoms with Crippen molar-refractivity contribution in [2.75, 3.05) is 31.5 Å². The van der Waals surface area contributed by atoms with Crippen molar-refractivity contribution in [2.24, 2.45) is 0 Å². The zero-order chi connectivity index (χ0) is 10.1. The molecule has 2 aliphatic rings. The molecule has 0 aromatic heterocycles. The van der Waals surface area contributed by atoms with Gasteiger partial charge in [0.1, 0.15) is 0 Å². The second-order valence-electron chi connectivity index (χ2n) is 4.31. The Hall–Kier alpha value is -1.06. The van der Waals surface area contributed by atoms with E-state index < -0.39 is 0 Å². The van der Waals surface area contributed by atoms with Gasteiger partial charge in [0.05, 0.1) is 6.17 Å². The van der Waals surface area contributed by atoms with Gasteiger partial charge in [-0.2, -0.15) is 0 Å². The van der Waals surface area contributed by atoms with Crippen LogP contribution >= 0.6 is 0 Å². The summed E-state index contributed by atoms with van der Waals surface area (Å²) < 4.78 is 0. The van der Waals surface area contributed by atoms with E-state index in [-0.39, 0.29) is 0 Å². The first-order valence-corrected chi connectivity index (χ1v) is 5.73. The van der Waals surface area contributed by atoms with Crippen LogP contribution in [0.4, 0.5) is 5.69 Å². The monoisotopic (exact) mass is 203 g/mol. The number of rotatable bonds is 1. The topological polar surface area (TPSA) is 27.3 Å². The highest BCUT2D eigenvalue weighted by Crippen LogP contribution is 2.26. The molecule has 1 unspecified atom stereocenters. The Labute approximate surface area is 90.5 Å². The summed E-state index contributed by atoms with van der Waals surface area (Å²) in [5.41, 5.74) is 2.78. The van der Waals surface area contributed by atoms with Crippen molar-refractivity contribution < 1.29 is 0 Å². The van der Waals surface area contributed by atoms with Gasteiger partial charge < -0.3 is 10.6 Å². The van der Waals surface area contributed by atoms with Gasteiger partial charge >= 0.3 is 0 Å². The summed E-state index contributed by atoms with van der Waals surface area (Å²) in [7, 11) is 0. The van der Waals surface area contributed by atoms with E-state index in [4.69, 9.17) is 0 Å². The molecule has 1 atom stereocenters. The van der Waals surface area contributed by atoms with Crippen LogP contribution in [0.15, 0.2) is 24.3 Å². The quantitative estimate of drug-likeness (QED) is 0.709. The van der Waals surface area contributed by atoms with Crippen LogP contribution in [-0.2, 0) is 6.42 Å². The first-order valence-electron chi connectivity index (χ1n) is 5.73. The summed E-state index contributed by atoms with van der Waals surface area (Å²) in [5, 5.41) is 6.99. The molecule has 15 heavy (non-hydrogen) atoms. The van der Waals surface area contributed by atoms with Gasteiger partial charge in [-0.15, -0.1) is 0 Å². The third kappa shape index (κ3) is 1.73. The fourth-order valence-corrected chi connectivity index (χ4v) is 2.49. The van der Waals surface area contributed by atoms with E-state index in [1.165, 1.54) is 11.3 Å². The van der Waals surface area contributed by atoms with Crippen LogP contribution < -0.4 is 10.6 Å². The van der Waals surface area contributed by atoms with Crippen LogP contribution in [-0.4, -0.2) is 37.2 Å². The Bertz CT molecular complexity index is 319. The number of fused-ring (bicyclic) bond motifs is 1. The molecule has 0 radical (unpaired) electrons. The lowest BCUT2D eigenvalue weighted by Gasteiger charge is -2.32. The Morgan fingerprint density at radius 1 is 1.13 bits per heavy atom. The summed E-state index contributed by atoms with van der Waals surface area (Å²) in [5.74, 6) is 0. The van der Waals surface area contributed by atoms with Crippen molar-refractivity contribution in [1.29, 1.82) is 0 Å². The number of para-hydroxylation sites is 1. The fourth-order valence-electron chi connectivity index (χ4n) is 2.49. The van der Waals surface area contributed by atoms with Crippen LogP contribution in [0.5, 0.6) is 0 Å². The van der Waals surface area contributed by atoms with Gasteiger partial charge in [0.2, 0.25) is 0 Å². The highest BCUT2D eigenvalue weighted by atomic mass is 15.3. The molecular weight excluding hydrogens is 186 g/mol. The Kier molecular flexibility index (Phi) is 2.35. The molecule has 1 fully saturated rings. The van der Waals surface area contributed by atoms with E-state index >= 15 is 0 Å². The number of nitrogens with one attached hydrogen (secondary N) is 2. The Balaban J connectivity index is 1.72. The van der Waals surface area contributed by atoms with Gasteiger partial charge in [0, 0.05) is 38.3 Å². The molecule has 2 heterocycles. The summed E-state index contributed by atoms with van der Waals surface area (Å²) in [6.45, 7) is 4.56. The average molecular weight is 203 g/mol. The summed E-state index contributed by atoms with van der Waals surface area (Å²) in [4.78, 5) is 2.54. The van der Waals surface area contributed by atoms with Crippen molar-refractivity contribution in [3.63, 3.8) is 0 Å². The van der Waals surface area contributed by atoms with Gasteiger partial charge in [-0.1, -0.05) is 18.2 Å². The maximum absolute atomic E-state index is 3.60. The van der Waals surface area contributed by atoms with Crippen LogP contribution in [0.1, 0.15) is 5.56 Å². The van der Waals surface area contributed by atoms with E-state index in [0.29, 0.717) is 6.17 Å². The van der Waals surface area contributed by atoms with E-state index in [1.807, 2.05) is 0 Å². The lowest BCUT2D eigenvalue weighted by Crippen LogP contribution is -2.50. The van der Waals surface area contributed by atoms with Crippen molar-refractivity contribution in [1.82, 2.24) is 10.2 Å². The number of hydrogen-bond donors (Lipinski definition) is 2. The first kappa shape index (κ1) is 9.19. The maximum Gasteiger partial charge on any atom is 0.0836 e. The van der Waals surface area contributed by atoms with Crippen molar-refractivity contribution >= 4 is 5.69 Å². The van der Waals surface area contributed by atoms with Crippen LogP contribution in [0.2, 0.25) is 0 Å². The number of anilines is 1. The summed E-state index contributed by atoms with van der Waals surface area (Å²) in [6, 6.07) is 8.63. The molecule has 0 bridgehead atoms. The van der Waals surface area contributed by atoms with Crippen molar-refractivity contribution in [3.8, 4) is 0 Å². The van der Waals surface area contributed by atoms with Gasteiger partial charge in [-0.3, -0.25) is 4.90 Å². The predicted molar refractivity (Wildman–Crippen MR) is 62.0 cm³/mol. The number of nitrogens with zero attached hydrogens (tertiary/aromatic N) is 1. The summed E-state index contributed by atoms with van der Waals surface area (Å²) >= 11 is 0. The molecule has 3 nitrogen and oxygen atoms in total. The van der Waals surface area contributed by atoms with E-state index in [1.54, 1.807) is 0 Å². The van der Waals surface area contributed by atoms with Crippen LogP contribution in [0.25, 0.3) is 0 Å². The van der Waals surface area contributed by atoms with Crippen molar-refractivity contribution in [2.45, 2.75) is 12.6 Å². The predicted octanol–water partition coefficient (Wildman–Crippen LogP) is 0.886. The zero-order valence-corrected chi connectivity index (χ0v) is 8.87. The van der Waals surface area contributed by atoms with Crippen LogP contribution in [0.3, 0.4) is 0 Å². The lowest BCUT2D eigenvalue weighted by atomic mass is 10.1. The van der Waals surface area contributed by atoms with Crippen molar-refractivity contribution in [3.05, 3.63) is 29.8 Å². The van der Waals surface area contributed by atoms with E-state index in [9.17, 15) is 0 Å². The third-order valence-corrected chi connectivity index (χ3v) is 3.35. The molecule has 1 aromatic rings. The van der Waals surface area contributed by atoms with Gasteiger partial charge in [-0.05, 0) is 11.6 Å². The Morgan fingerprint density at radius 2 is 1.93 bits per heavy atom. The average Bonchev–Trinajstić information content (AvgIpc) is 2.74. The molecule has 0 amide bonds. The molecular formula is C12H17N3. The molecule has 3 rings (SSSR count). The summed E-state index contributed by atoms with van der Waals surface area (Å²) in [6.07, 6.45) is 1.67. The number of piperazine rings is 1. The van der Waals surface area contributed by atoms with Gasteiger partial charge in [-0.25, -0.2) is 0 Å². The molecule has 0 saturated carbocycles. The molecule has 2 aliphatic heterocycles. The largest absolute Gasteiger partial charge is 0.369 e. The minimum absolute atomic E-state index is 0.518. The number of hydrogen-bond acceptors (Lipinski definition) is 3. The zero-order valence-electron chi connectivity index (χ0n) is 8.87. The highest BCUT2D eigenvalue weighted by Gasteiger charge is 2.26. The Morgan fingerprint density at radius 3 is 2.73 bits per heavy atom. The molecule has 1 saturated heterocycles. The minimum Gasteiger partial charge on any atom is -0.369 e.